The van der Waals surface area contributed by atoms with E-state index < -0.39 is 28.2 Å². The van der Waals surface area contributed by atoms with Crippen LogP contribution in [0.4, 0.5) is 10.1 Å². The number of nitrogens with two attached hydrogens (primary N) is 1. The van der Waals surface area contributed by atoms with Crippen LogP contribution in [-0.4, -0.2) is 34.1 Å². The van der Waals surface area contributed by atoms with E-state index in [0.717, 1.165) is 36.2 Å². The first-order valence-corrected chi connectivity index (χ1v) is 14.1. The molecule has 0 radical (unpaired) electrons. The molecule has 7 atom stereocenters. The van der Waals surface area contributed by atoms with Crippen LogP contribution >= 0.6 is 12.6 Å². The van der Waals surface area contributed by atoms with E-state index in [0.29, 0.717) is 19.3 Å². The Morgan fingerprint density at radius 2 is 1.97 bits per heavy atom. The third-order valence-electron chi connectivity index (χ3n) is 10.3. The number of halogens is 1. The average molecular weight is 542 g/mol. The molecule has 0 amide bonds. The lowest BCUT2D eigenvalue weighted by molar-refractivity contribution is -0.513. The molecule has 204 valence electrons. The van der Waals surface area contributed by atoms with Gasteiger partial charge in [0.2, 0.25) is 5.12 Å². The van der Waals surface area contributed by atoms with Gasteiger partial charge < -0.3 is 15.3 Å². The lowest BCUT2D eigenvalue weighted by Gasteiger charge is -2.60. The summed E-state index contributed by atoms with van der Waals surface area (Å²) in [5.74, 6) is -0.445. The number of aliphatic hydroxyl groups excluding tert-OH is 1. The zero-order valence-electron chi connectivity index (χ0n) is 22.3. The standard InChI is InChI=1S/C30H37FN2O4S/c1-4-25(35)37-30(27(36)38)12-11-22-21-10-5-18-13-23(33-20-8-6-19(31)7-9-20)17(16-32)14-28(18,2)26(21)24(34)15-29(22,30)3/h6-9,13,16,21-22,24,26,32-34H,4-5,10-12,14-15H2,1-3H3,(H,36,38)/p+1. The smallest absolute Gasteiger partial charge is 0.306 e. The Bertz CT molecular complexity index is 1230. The van der Waals surface area contributed by atoms with Crippen molar-refractivity contribution in [2.45, 2.75) is 77.4 Å². The van der Waals surface area contributed by atoms with E-state index in [1.807, 2.05) is 12.2 Å². The van der Waals surface area contributed by atoms with Crippen molar-refractivity contribution < 1.29 is 29.1 Å². The number of quaternary nitrogens is 1. The van der Waals surface area contributed by atoms with Crippen LogP contribution in [-0.2, 0) is 14.3 Å². The monoisotopic (exact) mass is 541 g/mol. The average Bonchev–Trinajstić information content (AvgIpc) is 3.17. The van der Waals surface area contributed by atoms with Crippen LogP contribution in [0, 0.1) is 39.8 Å². The van der Waals surface area contributed by atoms with Crippen LogP contribution in [0.5, 0.6) is 0 Å². The number of rotatable bonds is 6. The minimum Gasteiger partial charge on any atom is -0.449 e. The predicted octanol–water partition coefficient (Wildman–Crippen LogP) is 4.62. The summed E-state index contributed by atoms with van der Waals surface area (Å²) in [6.07, 6.45) is 6.99. The second kappa shape index (κ2) is 9.72. The summed E-state index contributed by atoms with van der Waals surface area (Å²) in [6, 6.07) is 6.34. The lowest BCUT2D eigenvalue weighted by Crippen LogP contribution is -2.76. The van der Waals surface area contributed by atoms with Crippen LogP contribution in [0.15, 0.2) is 47.2 Å². The van der Waals surface area contributed by atoms with Crippen molar-refractivity contribution in [2.75, 3.05) is 0 Å². The highest BCUT2D eigenvalue weighted by molar-refractivity contribution is 7.96. The molecule has 0 bridgehead atoms. The summed E-state index contributed by atoms with van der Waals surface area (Å²) in [5, 5.41) is 21.5. The first kappa shape index (κ1) is 27.3. The molecule has 0 spiro atoms. The number of esters is 1. The van der Waals surface area contributed by atoms with Crippen molar-refractivity contribution in [3.63, 3.8) is 0 Å². The quantitative estimate of drug-likeness (QED) is 0.183. The third-order valence-corrected chi connectivity index (χ3v) is 10.7. The van der Waals surface area contributed by atoms with Crippen molar-refractivity contribution in [2.24, 2.45) is 28.6 Å². The van der Waals surface area contributed by atoms with Gasteiger partial charge in [-0.25, -0.2) is 4.39 Å². The molecule has 0 aliphatic heterocycles. The molecule has 5 rings (SSSR count). The van der Waals surface area contributed by atoms with Crippen molar-refractivity contribution >= 4 is 35.6 Å². The SMILES string of the molecule is CCC(=O)OC1(C(=O)S)CCC2C3CCC4=CC([NH2+]c5ccc(F)cc5)=C(C=N)CC4(C)C3C(O)CC21C. The maximum Gasteiger partial charge on any atom is 0.306 e. The topological polar surface area (TPSA) is 104 Å². The molecule has 0 aromatic heterocycles. The van der Waals surface area contributed by atoms with Gasteiger partial charge in [0, 0.05) is 35.8 Å². The number of hydrogen-bond donors (Lipinski definition) is 4. The second-order valence-corrected chi connectivity index (χ2v) is 12.5. The number of carbonyl (C=O) groups is 2. The molecule has 3 saturated carbocycles. The largest absolute Gasteiger partial charge is 0.449 e. The summed E-state index contributed by atoms with van der Waals surface area (Å²) < 4.78 is 19.3. The first-order chi connectivity index (χ1) is 18.0. The number of aliphatic hydroxyl groups is 1. The van der Waals surface area contributed by atoms with Gasteiger partial charge in [0.05, 0.1) is 6.10 Å². The fourth-order valence-corrected chi connectivity index (χ4v) is 8.96. The molecule has 4 aliphatic carbocycles. The number of benzene rings is 1. The van der Waals surface area contributed by atoms with Gasteiger partial charge in [-0.15, -0.1) is 12.6 Å². The van der Waals surface area contributed by atoms with E-state index in [2.05, 4.69) is 25.6 Å². The number of carbonyl (C=O) groups excluding carboxylic acids is 2. The van der Waals surface area contributed by atoms with Gasteiger partial charge in [-0.2, -0.15) is 0 Å². The Morgan fingerprint density at radius 3 is 2.61 bits per heavy atom. The minimum atomic E-state index is -1.32. The zero-order chi connectivity index (χ0) is 27.5. The molecule has 38 heavy (non-hydrogen) atoms. The summed E-state index contributed by atoms with van der Waals surface area (Å²) in [7, 11) is 0. The summed E-state index contributed by atoms with van der Waals surface area (Å²) in [5.41, 5.74) is 1.67. The Labute approximate surface area is 229 Å². The van der Waals surface area contributed by atoms with E-state index >= 15 is 0 Å². The lowest BCUT2D eigenvalue weighted by atomic mass is 9.45. The maximum absolute atomic E-state index is 13.4. The fraction of sp³-hybridized carbons (Fsp3) is 0.567. The van der Waals surface area contributed by atoms with Crippen LogP contribution in [0.25, 0.3) is 0 Å². The summed E-state index contributed by atoms with van der Waals surface area (Å²) in [6.45, 7) is 5.94. The molecular weight excluding hydrogens is 503 g/mol. The molecule has 6 nitrogen and oxygen atoms in total. The molecule has 8 heteroatoms. The number of fused-ring (bicyclic) bond motifs is 5. The molecule has 4 N–H and O–H groups in total. The normalized spacial score (nSPS) is 38.0. The maximum atomic E-state index is 13.4. The first-order valence-electron chi connectivity index (χ1n) is 13.7. The number of nitrogens with one attached hydrogen (secondary N) is 1. The van der Waals surface area contributed by atoms with Crippen LogP contribution in [0.1, 0.15) is 65.7 Å². The van der Waals surface area contributed by atoms with Crippen LogP contribution < -0.4 is 5.32 Å². The Kier molecular flexibility index (Phi) is 6.98. The number of hydrogen-bond acceptors (Lipinski definition) is 5. The van der Waals surface area contributed by atoms with Crippen molar-refractivity contribution in [1.29, 1.82) is 5.41 Å². The molecule has 1 aromatic carbocycles. The molecular formula is C30H38FN2O4S+. The molecule has 0 saturated heterocycles. The van der Waals surface area contributed by atoms with Crippen LogP contribution in [0.2, 0.25) is 0 Å². The zero-order valence-corrected chi connectivity index (χ0v) is 23.2. The minimum absolute atomic E-state index is 0.0319. The molecule has 7 unspecified atom stereocenters. The fourth-order valence-electron chi connectivity index (χ4n) is 8.54. The van der Waals surface area contributed by atoms with Gasteiger partial charge in [-0.1, -0.05) is 26.3 Å². The molecule has 4 aliphatic rings. The van der Waals surface area contributed by atoms with Gasteiger partial charge >= 0.3 is 5.97 Å². The van der Waals surface area contributed by atoms with Crippen molar-refractivity contribution in [3.8, 4) is 0 Å². The van der Waals surface area contributed by atoms with E-state index in [1.165, 1.54) is 23.9 Å². The van der Waals surface area contributed by atoms with E-state index in [9.17, 15) is 19.1 Å². The number of allylic oxidation sites excluding steroid dienone is 3. The van der Waals surface area contributed by atoms with E-state index in [-0.39, 0.29) is 35.4 Å². The highest BCUT2D eigenvalue weighted by atomic mass is 32.1. The molecule has 0 heterocycles. The molecule has 3 fully saturated rings. The van der Waals surface area contributed by atoms with Crippen molar-refractivity contribution in [1.82, 2.24) is 0 Å². The van der Waals surface area contributed by atoms with Gasteiger partial charge in [0.15, 0.2) is 5.60 Å². The highest BCUT2D eigenvalue weighted by Crippen LogP contribution is 2.68. The Balaban J connectivity index is 1.48. The Hall–Kier alpha value is -2.29. The van der Waals surface area contributed by atoms with Gasteiger partial charge in [-0.3, -0.25) is 14.9 Å². The van der Waals surface area contributed by atoms with Gasteiger partial charge in [0.1, 0.15) is 17.2 Å². The van der Waals surface area contributed by atoms with Crippen LogP contribution in [0.3, 0.4) is 0 Å². The van der Waals surface area contributed by atoms with E-state index in [4.69, 9.17) is 10.1 Å². The third kappa shape index (κ3) is 4.02. The Morgan fingerprint density at radius 1 is 1.26 bits per heavy atom. The summed E-state index contributed by atoms with van der Waals surface area (Å²) >= 11 is 4.22. The van der Waals surface area contributed by atoms with Crippen molar-refractivity contribution in [3.05, 3.63) is 53.0 Å². The van der Waals surface area contributed by atoms with Gasteiger partial charge in [0.25, 0.3) is 0 Å². The molecule has 1 aromatic rings. The summed E-state index contributed by atoms with van der Waals surface area (Å²) in [4.78, 5) is 25.4. The second-order valence-electron chi connectivity index (χ2n) is 12.1. The predicted molar refractivity (Wildman–Crippen MR) is 145 cm³/mol. The number of ether oxygens (including phenoxy) is 1. The number of thiol groups is 1. The van der Waals surface area contributed by atoms with Gasteiger partial charge in [-0.05, 0) is 79.9 Å². The van der Waals surface area contributed by atoms with E-state index in [1.54, 1.807) is 19.1 Å². The highest BCUT2D eigenvalue weighted by Gasteiger charge is 2.70.